The molecule has 0 saturated carbocycles. The summed E-state index contributed by atoms with van der Waals surface area (Å²) in [7, 11) is 0. The second-order valence-electron chi connectivity index (χ2n) is 8.44. The lowest BCUT2D eigenvalue weighted by Crippen LogP contribution is -2.49. The highest BCUT2D eigenvalue weighted by Gasteiger charge is 2.35. The number of fused-ring (bicyclic) bond motifs is 1. The van der Waals surface area contributed by atoms with Crippen molar-refractivity contribution in [1.29, 1.82) is 0 Å². The second kappa shape index (κ2) is 9.00. The number of carbonyl (C=O) groups excluding carboxylic acids is 2. The number of hydrogen-bond acceptors (Lipinski definition) is 3. The maximum atomic E-state index is 13.2. The zero-order valence-electron chi connectivity index (χ0n) is 18.0. The Balaban J connectivity index is 1.53. The van der Waals surface area contributed by atoms with Crippen LogP contribution >= 0.6 is 0 Å². The van der Waals surface area contributed by atoms with E-state index in [1.807, 2.05) is 34.1 Å². The first-order valence-electron chi connectivity index (χ1n) is 11.0. The van der Waals surface area contributed by atoms with Crippen LogP contribution in [0.3, 0.4) is 0 Å². The van der Waals surface area contributed by atoms with Gasteiger partial charge in [0.25, 0.3) is 5.91 Å². The van der Waals surface area contributed by atoms with Crippen LogP contribution in [0, 0.1) is 6.92 Å². The fourth-order valence-corrected chi connectivity index (χ4v) is 4.56. The van der Waals surface area contributed by atoms with Gasteiger partial charge in [0.15, 0.2) is 0 Å². The summed E-state index contributed by atoms with van der Waals surface area (Å²) in [4.78, 5) is 32.6. The van der Waals surface area contributed by atoms with Gasteiger partial charge in [0.05, 0.1) is 12.5 Å². The molecule has 2 aromatic rings. The lowest BCUT2D eigenvalue weighted by molar-refractivity contribution is -0.134. The summed E-state index contributed by atoms with van der Waals surface area (Å²) in [5, 5.41) is 0. The Bertz CT molecular complexity index is 901. The predicted octanol–water partition coefficient (Wildman–Crippen LogP) is 3.64. The van der Waals surface area contributed by atoms with Crippen molar-refractivity contribution in [2.24, 2.45) is 0 Å². The molecule has 0 radical (unpaired) electrons. The fourth-order valence-electron chi connectivity index (χ4n) is 4.56. The average Bonchev–Trinajstić information content (AvgIpc) is 3.10. The smallest absolute Gasteiger partial charge is 0.255 e. The first-order chi connectivity index (χ1) is 14.6. The second-order valence-corrected chi connectivity index (χ2v) is 8.44. The van der Waals surface area contributed by atoms with E-state index in [2.05, 4.69) is 43.0 Å². The molecule has 0 unspecified atom stereocenters. The average molecular weight is 406 g/mol. The van der Waals surface area contributed by atoms with Crippen LogP contribution in [0.1, 0.15) is 52.9 Å². The SMILES string of the molecule is CCCN1CCN(C(=O)C[C@@H](c2ccc(C)cc2)N2Cc3ccccc3C2=O)CC1. The van der Waals surface area contributed by atoms with Crippen molar-refractivity contribution in [1.82, 2.24) is 14.7 Å². The molecule has 1 fully saturated rings. The van der Waals surface area contributed by atoms with Crippen LogP contribution in [0.25, 0.3) is 0 Å². The Morgan fingerprint density at radius 1 is 1.00 bits per heavy atom. The summed E-state index contributed by atoms with van der Waals surface area (Å²) < 4.78 is 0. The molecule has 0 aromatic heterocycles. The number of piperazine rings is 1. The summed E-state index contributed by atoms with van der Waals surface area (Å²) in [5.74, 6) is 0.164. The molecule has 2 aliphatic rings. The largest absolute Gasteiger partial charge is 0.340 e. The van der Waals surface area contributed by atoms with Gasteiger partial charge in [-0.1, -0.05) is 55.0 Å². The highest BCUT2D eigenvalue weighted by Crippen LogP contribution is 2.34. The topological polar surface area (TPSA) is 43.9 Å². The lowest BCUT2D eigenvalue weighted by Gasteiger charge is -2.36. The molecule has 0 aliphatic carbocycles. The number of rotatable bonds is 6. The zero-order valence-corrected chi connectivity index (χ0v) is 18.0. The molecule has 1 atom stereocenters. The monoisotopic (exact) mass is 405 g/mol. The predicted molar refractivity (Wildman–Crippen MR) is 118 cm³/mol. The summed E-state index contributed by atoms with van der Waals surface area (Å²) in [6.45, 7) is 9.30. The Morgan fingerprint density at radius 3 is 2.37 bits per heavy atom. The maximum absolute atomic E-state index is 13.2. The Kier molecular flexibility index (Phi) is 6.18. The molecule has 2 aromatic carbocycles. The van der Waals surface area contributed by atoms with Gasteiger partial charge in [-0.25, -0.2) is 0 Å². The summed E-state index contributed by atoms with van der Waals surface area (Å²) in [6, 6.07) is 15.8. The van der Waals surface area contributed by atoms with Crippen LogP contribution in [0.15, 0.2) is 48.5 Å². The van der Waals surface area contributed by atoms with E-state index < -0.39 is 0 Å². The van der Waals surface area contributed by atoms with Gasteiger partial charge >= 0.3 is 0 Å². The van der Waals surface area contributed by atoms with E-state index in [9.17, 15) is 9.59 Å². The van der Waals surface area contributed by atoms with Crippen LogP contribution in [-0.2, 0) is 11.3 Å². The quantitative estimate of drug-likeness (QED) is 0.737. The molecule has 30 heavy (non-hydrogen) atoms. The van der Waals surface area contributed by atoms with Crippen LogP contribution in [-0.4, -0.2) is 59.2 Å². The minimum absolute atomic E-state index is 0.0248. The molecule has 0 bridgehead atoms. The third-order valence-electron chi connectivity index (χ3n) is 6.32. The van der Waals surface area contributed by atoms with E-state index in [1.165, 1.54) is 5.56 Å². The molecule has 4 rings (SSSR count). The van der Waals surface area contributed by atoms with E-state index in [-0.39, 0.29) is 17.9 Å². The first-order valence-corrected chi connectivity index (χ1v) is 11.0. The van der Waals surface area contributed by atoms with Crippen LogP contribution in [0.4, 0.5) is 0 Å². The molecule has 2 aliphatic heterocycles. The van der Waals surface area contributed by atoms with E-state index in [0.717, 1.165) is 55.8 Å². The van der Waals surface area contributed by atoms with Crippen molar-refractivity contribution in [2.75, 3.05) is 32.7 Å². The third kappa shape index (κ3) is 4.26. The van der Waals surface area contributed by atoms with E-state index in [0.29, 0.717) is 13.0 Å². The molecule has 5 nitrogen and oxygen atoms in total. The molecule has 2 heterocycles. The van der Waals surface area contributed by atoms with E-state index >= 15 is 0 Å². The number of hydrogen-bond donors (Lipinski definition) is 0. The van der Waals surface area contributed by atoms with Crippen LogP contribution < -0.4 is 0 Å². The number of carbonyl (C=O) groups is 2. The molecule has 2 amide bonds. The summed E-state index contributed by atoms with van der Waals surface area (Å²) in [6.07, 6.45) is 1.47. The van der Waals surface area contributed by atoms with Gasteiger partial charge in [0, 0.05) is 38.3 Å². The molecule has 1 saturated heterocycles. The summed E-state index contributed by atoms with van der Waals surface area (Å²) >= 11 is 0. The Labute approximate surface area is 179 Å². The number of amides is 2. The van der Waals surface area contributed by atoms with Crippen molar-refractivity contribution in [3.63, 3.8) is 0 Å². The maximum Gasteiger partial charge on any atom is 0.255 e. The molecular formula is C25H31N3O2. The van der Waals surface area contributed by atoms with E-state index in [1.54, 1.807) is 0 Å². The zero-order chi connectivity index (χ0) is 21.1. The van der Waals surface area contributed by atoms with Crippen LogP contribution in [0.2, 0.25) is 0 Å². The lowest BCUT2D eigenvalue weighted by atomic mass is 9.99. The Morgan fingerprint density at radius 2 is 1.70 bits per heavy atom. The summed E-state index contributed by atoms with van der Waals surface area (Å²) in [5.41, 5.74) is 4.00. The first kappa shape index (κ1) is 20.6. The van der Waals surface area contributed by atoms with Gasteiger partial charge < -0.3 is 9.80 Å². The number of nitrogens with zero attached hydrogens (tertiary/aromatic N) is 3. The normalized spacial score (nSPS) is 17.9. The van der Waals surface area contributed by atoms with Crippen molar-refractivity contribution < 1.29 is 9.59 Å². The number of benzene rings is 2. The third-order valence-corrected chi connectivity index (χ3v) is 6.32. The van der Waals surface area contributed by atoms with Gasteiger partial charge in [-0.2, -0.15) is 0 Å². The molecule has 0 N–H and O–H groups in total. The molecular weight excluding hydrogens is 374 g/mol. The van der Waals surface area contributed by atoms with E-state index in [4.69, 9.17) is 0 Å². The minimum atomic E-state index is -0.244. The highest BCUT2D eigenvalue weighted by atomic mass is 16.2. The fraction of sp³-hybridized carbons (Fsp3) is 0.440. The van der Waals surface area contributed by atoms with Crippen LogP contribution in [0.5, 0.6) is 0 Å². The van der Waals surface area contributed by atoms with Crippen molar-refractivity contribution in [2.45, 2.75) is 39.3 Å². The minimum Gasteiger partial charge on any atom is -0.340 e. The highest BCUT2D eigenvalue weighted by molar-refractivity contribution is 5.98. The molecule has 5 heteroatoms. The van der Waals surface area contributed by atoms with Gasteiger partial charge in [0.2, 0.25) is 5.91 Å². The number of aryl methyl sites for hydroxylation is 1. The van der Waals surface area contributed by atoms with Gasteiger partial charge in [-0.3, -0.25) is 14.5 Å². The van der Waals surface area contributed by atoms with Gasteiger partial charge in [-0.15, -0.1) is 0 Å². The van der Waals surface area contributed by atoms with Crippen molar-refractivity contribution in [3.05, 3.63) is 70.8 Å². The van der Waals surface area contributed by atoms with Crippen molar-refractivity contribution >= 4 is 11.8 Å². The van der Waals surface area contributed by atoms with Gasteiger partial charge in [-0.05, 0) is 37.1 Å². The standard InChI is InChI=1S/C25H31N3O2/c1-3-12-26-13-15-27(16-14-26)24(29)17-23(20-10-8-19(2)9-11-20)28-18-21-6-4-5-7-22(21)25(28)30/h4-11,23H,3,12-18H2,1-2H3/t23-/m0/s1. The molecule has 158 valence electrons. The molecule has 0 spiro atoms. The van der Waals surface area contributed by atoms with Gasteiger partial charge in [0.1, 0.15) is 0 Å². The Hall–Kier alpha value is -2.66. The van der Waals surface area contributed by atoms with Crippen molar-refractivity contribution in [3.8, 4) is 0 Å².